The van der Waals surface area contributed by atoms with Gasteiger partial charge < -0.3 is 10.1 Å². The van der Waals surface area contributed by atoms with Crippen molar-refractivity contribution >= 4 is 22.1 Å². The number of hydrogen-bond donors (Lipinski definition) is 2. The molecule has 2 aromatic carbocycles. The van der Waals surface area contributed by atoms with E-state index in [-0.39, 0.29) is 5.75 Å². The maximum atomic E-state index is 12.4. The first-order chi connectivity index (χ1) is 12.0. The number of rotatable bonds is 10. The molecule has 2 N–H and O–H groups in total. The van der Waals surface area contributed by atoms with E-state index in [1.165, 1.54) is 7.11 Å². The zero-order valence-corrected chi connectivity index (χ0v) is 14.8. The second-order valence-electron chi connectivity index (χ2n) is 5.59. The van der Waals surface area contributed by atoms with E-state index >= 15 is 0 Å². The molecule has 0 saturated heterocycles. The second kappa shape index (κ2) is 9.08. The highest BCUT2D eigenvalue weighted by molar-refractivity contribution is 7.92. The van der Waals surface area contributed by atoms with Gasteiger partial charge in [-0.1, -0.05) is 42.5 Å². The van der Waals surface area contributed by atoms with Gasteiger partial charge in [-0.15, -0.1) is 0 Å². The fourth-order valence-corrected chi connectivity index (χ4v) is 3.88. The Morgan fingerprint density at radius 3 is 2.44 bits per heavy atom. The summed E-state index contributed by atoms with van der Waals surface area (Å²) in [5, 5.41) is 2.59. The zero-order valence-electron chi connectivity index (χ0n) is 14.0. The Kier molecular flexibility index (Phi) is 6.82. The Morgan fingerprint density at radius 1 is 1.08 bits per heavy atom. The molecule has 0 aliphatic rings. The van der Waals surface area contributed by atoms with Crippen LogP contribution in [0.15, 0.2) is 54.6 Å². The van der Waals surface area contributed by atoms with Crippen molar-refractivity contribution in [1.82, 2.24) is 5.32 Å². The number of amides is 1. The lowest BCUT2D eigenvalue weighted by atomic mass is 10.1. The molecule has 0 saturated carbocycles. The van der Waals surface area contributed by atoms with Crippen LogP contribution in [0.4, 0.5) is 5.69 Å². The number of methoxy groups -OCH3 is 1. The van der Waals surface area contributed by atoms with Crippen molar-refractivity contribution in [3.63, 3.8) is 0 Å². The topological polar surface area (TPSA) is 84.5 Å². The number of aryl methyl sites for hydroxylation is 1. The molecule has 134 valence electrons. The van der Waals surface area contributed by atoms with Crippen LogP contribution >= 0.6 is 0 Å². The minimum Gasteiger partial charge on any atom is -0.495 e. The molecule has 0 heterocycles. The largest absolute Gasteiger partial charge is 0.495 e. The maximum Gasteiger partial charge on any atom is 0.234 e. The molecule has 0 radical (unpaired) electrons. The van der Waals surface area contributed by atoms with Gasteiger partial charge in [0.05, 0.1) is 18.6 Å². The summed E-state index contributed by atoms with van der Waals surface area (Å²) in [4.78, 5) is 10.8. The second-order valence-corrected chi connectivity index (χ2v) is 7.36. The van der Waals surface area contributed by atoms with Crippen LogP contribution in [0, 0.1) is 0 Å². The van der Waals surface area contributed by atoms with Crippen molar-refractivity contribution in [2.24, 2.45) is 0 Å². The Hall–Kier alpha value is -2.54. The third-order valence-corrected chi connectivity index (χ3v) is 5.09. The molecule has 0 aliphatic heterocycles. The summed E-state index contributed by atoms with van der Waals surface area (Å²) in [5.74, 6) is 0.228. The first-order valence-electron chi connectivity index (χ1n) is 7.91. The number of nitrogens with one attached hydrogen (secondary N) is 2. The van der Waals surface area contributed by atoms with E-state index in [0.29, 0.717) is 30.7 Å². The van der Waals surface area contributed by atoms with Crippen molar-refractivity contribution in [1.29, 1.82) is 0 Å². The van der Waals surface area contributed by atoms with Gasteiger partial charge in [0.2, 0.25) is 16.4 Å². The minimum atomic E-state index is -3.64. The average Bonchev–Trinajstić information content (AvgIpc) is 2.60. The lowest BCUT2D eigenvalue weighted by molar-refractivity contribution is -0.110. The predicted molar refractivity (Wildman–Crippen MR) is 98.2 cm³/mol. The van der Waals surface area contributed by atoms with E-state index in [4.69, 9.17) is 4.74 Å². The van der Waals surface area contributed by atoms with Gasteiger partial charge in [-0.25, -0.2) is 8.42 Å². The highest BCUT2D eigenvalue weighted by atomic mass is 32.2. The molecule has 25 heavy (non-hydrogen) atoms. The fourth-order valence-electron chi connectivity index (χ4n) is 2.50. The molecule has 2 rings (SSSR count). The van der Waals surface area contributed by atoms with E-state index in [9.17, 15) is 13.2 Å². The van der Waals surface area contributed by atoms with Gasteiger partial charge in [0, 0.05) is 6.04 Å². The third kappa shape index (κ3) is 6.11. The Morgan fingerprint density at radius 2 is 1.76 bits per heavy atom. The van der Waals surface area contributed by atoms with E-state index < -0.39 is 16.1 Å². The summed E-state index contributed by atoms with van der Waals surface area (Å²) < 4.78 is 32.6. The van der Waals surface area contributed by atoms with Crippen LogP contribution in [0.5, 0.6) is 5.75 Å². The molecule has 1 atom stereocenters. The molecule has 0 aliphatic carbocycles. The van der Waals surface area contributed by atoms with Crippen molar-refractivity contribution in [3.05, 3.63) is 60.2 Å². The number of ether oxygens (including phenoxy) is 1. The Bertz CT molecular complexity index is 779. The number of para-hydroxylation sites is 2. The summed E-state index contributed by atoms with van der Waals surface area (Å²) in [6.07, 6.45) is 1.74. The highest BCUT2D eigenvalue weighted by Gasteiger charge is 2.20. The van der Waals surface area contributed by atoms with Crippen molar-refractivity contribution in [3.8, 4) is 5.75 Å². The van der Waals surface area contributed by atoms with Gasteiger partial charge in [0.15, 0.2) is 0 Å². The zero-order chi connectivity index (χ0) is 18.1. The summed E-state index contributed by atoms with van der Waals surface area (Å²) in [7, 11) is -2.17. The molecular formula is C18H22N2O4S. The van der Waals surface area contributed by atoms with Crippen molar-refractivity contribution < 1.29 is 17.9 Å². The van der Waals surface area contributed by atoms with Gasteiger partial charge in [0.25, 0.3) is 0 Å². The van der Waals surface area contributed by atoms with Gasteiger partial charge in [0.1, 0.15) is 5.75 Å². The number of anilines is 1. The van der Waals surface area contributed by atoms with Gasteiger partial charge >= 0.3 is 0 Å². The average molecular weight is 362 g/mol. The summed E-state index contributed by atoms with van der Waals surface area (Å²) in [5.41, 5.74) is 1.47. The molecule has 6 nitrogen and oxygen atoms in total. The summed E-state index contributed by atoms with van der Waals surface area (Å²) >= 11 is 0. The monoisotopic (exact) mass is 362 g/mol. The lowest BCUT2D eigenvalue weighted by Crippen LogP contribution is -2.37. The van der Waals surface area contributed by atoms with Gasteiger partial charge in [-0.3, -0.25) is 9.52 Å². The van der Waals surface area contributed by atoms with E-state index in [1.807, 2.05) is 30.3 Å². The van der Waals surface area contributed by atoms with Crippen LogP contribution in [-0.2, 0) is 21.2 Å². The normalized spacial score (nSPS) is 12.2. The first-order valence-corrected chi connectivity index (χ1v) is 9.56. The van der Waals surface area contributed by atoms with E-state index in [2.05, 4.69) is 10.0 Å². The highest BCUT2D eigenvalue weighted by Crippen LogP contribution is 2.24. The van der Waals surface area contributed by atoms with E-state index in [1.54, 1.807) is 24.3 Å². The lowest BCUT2D eigenvalue weighted by Gasteiger charge is -2.18. The van der Waals surface area contributed by atoms with E-state index in [0.717, 1.165) is 5.56 Å². The number of carbonyl (C=O) groups is 1. The minimum absolute atomic E-state index is 0.212. The molecule has 0 spiro atoms. The smallest absolute Gasteiger partial charge is 0.234 e. The number of carbonyl (C=O) groups excluding carboxylic acids is 1. The number of benzene rings is 2. The molecule has 0 fully saturated rings. The summed E-state index contributed by atoms with van der Waals surface area (Å²) in [6, 6.07) is 16.0. The standard InChI is InChI=1S/C18H22N2O4S/c1-24-18-10-6-5-9-17(18)20-25(22,23)13-16(19-14-21)12-11-15-7-3-2-4-8-15/h2-10,14,16,20H,11-13H2,1H3,(H,19,21)/t16-/m0/s1. The molecule has 2 aromatic rings. The third-order valence-electron chi connectivity index (χ3n) is 3.72. The van der Waals surface area contributed by atoms with Gasteiger partial charge in [-0.05, 0) is 30.5 Å². The fraction of sp³-hybridized carbons (Fsp3) is 0.278. The molecule has 0 unspecified atom stereocenters. The number of hydrogen-bond acceptors (Lipinski definition) is 4. The molecular weight excluding hydrogens is 340 g/mol. The molecule has 0 bridgehead atoms. The van der Waals surface area contributed by atoms with Crippen LogP contribution in [-0.4, -0.2) is 33.7 Å². The van der Waals surface area contributed by atoms with Crippen molar-refractivity contribution in [2.75, 3.05) is 17.6 Å². The number of sulfonamides is 1. The summed E-state index contributed by atoms with van der Waals surface area (Å²) in [6.45, 7) is 0. The van der Waals surface area contributed by atoms with Gasteiger partial charge in [-0.2, -0.15) is 0 Å². The van der Waals surface area contributed by atoms with Crippen molar-refractivity contribution in [2.45, 2.75) is 18.9 Å². The SMILES string of the molecule is COc1ccccc1NS(=O)(=O)C[C@H](CCc1ccccc1)NC=O. The first kappa shape index (κ1) is 18.8. The molecule has 1 amide bonds. The Labute approximate surface area is 148 Å². The predicted octanol–water partition coefficient (Wildman–Crippen LogP) is 2.18. The molecule has 7 heteroatoms. The van der Waals surface area contributed by atoms with Crippen LogP contribution < -0.4 is 14.8 Å². The molecule has 0 aromatic heterocycles. The van der Waals surface area contributed by atoms with Crippen LogP contribution in [0.25, 0.3) is 0 Å². The van der Waals surface area contributed by atoms with Crippen LogP contribution in [0.3, 0.4) is 0 Å². The van der Waals surface area contributed by atoms with Crippen LogP contribution in [0.1, 0.15) is 12.0 Å². The maximum absolute atomic E-state index is 12.4. The Balaban J connectivity index is 2.02. The van der Waals surface area contributed by atoms with Crippen LogP contribution in [0.2, 0.25) is 0 Å². The quantitative estimate of drug-likeness (QED) is 0.635.